The summed E-state index contributed by atoms with van der Waals surface area (Å²) in [6.45, 7) is 2.11. The summed E-state index contributed by atoms with van der Waals surface area (Å²) in [5, 5.41) is 0.184. The van der Waals surface area contributed by atoms with Gasteiger partial charge in [0.1, 0.15) is 11.2 Å². The molecule has 4 heterocycles. The number of nitrogens with zero attached hydrogens (tertiary/aromatic N) is 7. The molecular weight excluding hydrogens is 328 g/mol. The van der Waals surface area contributed by atoms with Crippen LogP contribution in [0.2, 0.25) is 5.28 Å². The molecule has 8 nitrogen and oxygen atoms in total. The predicted octanol–water partition coefficient (Wildman–Crippen LogP) is 1.79. The predicted molar refractivity (Wildman–Crippen MR) is 91.5 cm³/mol. The summed E-state index contributed by atoms with van der Waals surface area (Å²) in [5.74, 6) is 0.215. The first-order valence-electron chi connectivity index (χ1n) is 7.78. The molecular formula is C15H17ClN8. The fourth-order valence-corrected chi connectivity index (χ4v) is 3.26. The Balaban J connectivity index is 1.81. The van der Waals surface area contributed by atoms with Crippen molar-refractivity contribution in [1.82, 2.24) is 34.4 Å². The third-order valence-electron chi connectivity index (χ3n) is 4.42. The van der Waals surface area contributed by atoms with Gasteiger partial charge in [0.25, 0.3) is 0 Å². The Morgan fingerprint density at radius 2 is 1.83 bits per heavy atom. The van der Waals surface area contributed by atoms with E-state index in [0.29, 0.717) is 22.8 Å². The quantitative estimate of drug-likeness (QED) is 0.707. The number of hydrogen-bond donors (Lipinski definition) is 1. The maximum Gasteiger partial charge on any atom is 0.225 e. The first-order chi connectivity index (χ1) is 11.6. The van der Waals surface area contributed by atoms with E-state index in [-0.39, 0.29) is 11.2 Å². The highest BCUT2D eigenvalue weighted by molar-refractivity contribution is 6.28. The number of piperidine rings is 1. The lowest BCUT2D eigenvalue weighted by molar-refractivity contribution is 0.223. The minimum atomic E-state index is 0.184. The van der Waals surface area contributed by atoms with Gasteiger partial charge in [-0.2, -0.15) is 4.98 Å². The zero-order valence-electron chi connectivity index (χ0n) is 13.2. The SMILES string of the molecule is CN1CCC(n2cnc3c(-c4cnc(N)nc4)nc(Cl)nc32)CC1. The lowest BCUT2D eigenvalue weighted by Gasteiger charge is -2.29. The van der Waals surface area contributed by atoms with Crippen LogP contribution in [0.4, 0.5) is 5.95 Å². The van der Waals surface area contributed by atoms with Gasteiger partial charge in [0, 0.05) is 24.0 Å². The van der Waals surface area contributed by atoms with Gasteiger partial charge < -0.3 is 15.2 Å². The molecule has 0 amide bonds. The molecule has 124 valence electrons. The van der Waals surface area contributed by atoms with Crippen LogP contribution in [0.3, 0.4) is 0 Å². The minimum Gasteiger partial charge on any atom is -0.368 e. The van der Waals surface area contributed by atoms with Crippen LogP contribution in [-0.4, -0.2) is 54.5 Å². The fraction of sp³-hybridized carbons (Fsp3) is 0.400. The monoisotopic (exact) mass is 344 g/mol. The van der Waals surface area contributed by atoms with Crippen molar-refractivity contribution in [3.05, 3.63) is 24.0 Å². The number of nitrogen functional groups attached to an aromatic ring is 1. The van der Waals surface area contributed by atoms with Gasteiger partial charge in [-0.15, -0.1) is 0 Å². The van der Waals surface area contributed by atoms with Crippen molar-refractivity contribution >= 4 is 28.7 Å². The van der Waals surface area contributed by atoms with Gasteiger partial charge >= 0.3 is 0 Å². The Morgan fingerprint density at radius 1 is 1.12 bits per heavy atom. The summed E-state index contributed by atoms with van der Waals surface area (Å²) in [4.78, 5) is 23.6. The number of halogens is 1. The molecule has 0 radical (unpaired) electrons. The molecule has 0 aromatic carbocycles. The molecule has 3 aromatic rings. The Bertz CT molecular complexity index is 867. The second-order valence-corrected chi connectivity index (χ2v) is 6.37. The molecule has 0 saturated carbocycles. The van der Waals surface area contributed by atoms with E-state index in [1.165, 1.54) is 0 Å². The molecule has 9 heteroatoms. The van der Waals surface area contributed by atoms with Crippen molar-refractivity contribution in [3.8, 4) is 11.3 Å². The topological polar surface area (TPSA) is 98.6 Å². The molecule has 0 bridgehead atoms. The lowest BCUT2D eigenvalue weighted by Crippen LogP contribution is -2.31. The van der Waals surface area contributed by atoms with Crippen molar-refractivity contribution in [1.29, 1.82) is 0 Å². The molecule has 0 atom stereocenters. The van der Waals surface area contributed by atoms with Crippen LogP contribution < -0.4 is 5.73 Å². The van der Waals surface area contributed by atoms with Crippen LogP contribution >= 0.6 is 11.6 Å². The number of likely N-dealkylation sites (tertiary alicyclic amines) is 1. The molecule has 3 aromatic heterocycles. The molecule has 4 rings (SSSR count). The van der Waals surface area contributed by atoms with E-state index < -0.39 is 0 Å². The van der Waals surface area contributed by atoms with E-state index in [1.54, 1.807) is 12.4 Å². The first kappa shape index (κ1) is 15.2. The van der Waals surface area contributed by atoms with Crippen molar-refractivity contribution in [2.24, 2.45) is 0 Å². The normalized spacial score (nSPS) is 16.8. The highest BCUT2D eigenvalue weighted by Crippen LogP contribution is 2.30. The van der Waals surface area contributed by atoms with E-state index in [0.717, 1.165) is 31.6 Å². The maximum absolute atomic E-state index is 6.16. The Morgan fingerprint density at radius 3 is 2.54 bits per heavy atom. The van der Waals surface area contributed by atoms with E-state index in [1.807, 2.05) is 6.33 Å². The van der Waals surface area contributed by atoms with E-state index in [4.69, 9.17) is 17.3 Å². The molecule has 1 aliphatic rings. The number of aromatic nitrogens is 6. The molecule has 1 saturated heterocycles. The Labute approximate surface area is 143 Å². The average molecular weight is 345 g/mol. The van der Waals surface area contributed by atoms with E-state index in [2.05, 4.69) is 41.4 Å². The second-order valence-electron chi connectivity index (χ2n) is 6.03. The molecule has 0 spiro atoms. The molecule has 0 unspecified atom stereocenters. The maximum atomic E-state index is 6.16. The van der Waals surface area contributed by atoms with Crippen molar-refractivity contribution in [3.63, 3.8) is 0 Å². The first-order valence-corrected chi connectivity index (χ1v) is 8.16. The zero-order chi connectivity index (χ0) is 16.7. The number of rotatable bonds is 2. The van der Waals surface area contributed by atoms with Crippen molar-refractivity contribution < 1.29 is 0 Å². The van der Waals surface area contributed by atoms with Crippen LogP contribution in [0.25, 0.3) is 22.4 Å². The molecule has 1 fully saturated rings. The zero-order valence-corrected chi connectivity index (χ0v) is 14.0. The largest absolute Gasteiger partial charge is 0.368 e. The average Bonchev–Trinajstić information content (AvgIpc) is 2.99. The molecule has 1 aliphatic heterocycles. The number of imidazole rings is 1. The van der Waals surface area contributed by atoms with Crippen molar-refractivity contribution in [2.75, 3.05) is 25.9 Å². The Kier molecular flexibility index (Phi) is 3.78. The summed E-state index contributed by atoms with van der Waals surface area (Å²) in [6.07, 6.45) is 7.19. The number of nitrogens with two attached hydrogens (primary N) is 1. The standard InChI is InChI=1S/C15H17ClN8/c1-23-4-2-10(3-5-23)24-8-20-12-11(21-14(16)22-13(12)24)9-6-18-15(17)19-7-9/h6-8,10H,2-5H2,1H3,(H2,17,18,19). The van der Waals surface area contributed by atoms with Crippen LogP contribution in [0, 0.1) is 0 Å². The van der Waals surface area contributed by atoms with E-state index in [9.17, 15) is 0 Å². The van der Waals surface area contributed by atoms with Gasteiger partial charge in [0.15, 0.2) is 5.65 Å². The minimum absolute atomic E-state index is 0.184. The second kappa shape index (κ2) is 5.95. The molecule has 2 N–H and O–H groups in total. The van der Waals surface area contributed by atoms with Gasteiger partial charge in [0.05, 0.1) is 6.33 Å². The van der Waals surface area contributed by atoms with Crippen molar-refractivity contribution in [2.45, 2.75) is 18.9 Å². The Hall–Kier alpha value is -2.32. The molecule has 24 heavy (non-hydrogen) atoms. The van der Waals surface area contributed by atoms with Crippen LogP contribution in [0.5, 0.6) is 0 Å². The lowest BCUT2D eigenvalue weighted by atomic mass is 10.1. The van der Waals surface area contributed by atoms with Gasteiger partial charge in [-0.25, -0.2) is 19.9 Å². The van der Waals surface area contributed by atoms with Crippen LogP contribution in [0.15, 0.2) is 18.7 Å². The van der Waals surface area contributed by atoms with E-state index >= 15 is 0 Å². The third-order valence-corrected chi connectivity index (χ3v) is 4.59. The number of fused-ring (bicyclic) bond motifs is 1. The smallest absolute Gasteiger partial charge is 0.225 e. The van der Waals surface area contributed by atoms with Gasteiger partial charge in [-0.3, -0.25) is 0 Å². The van der Waals surface area contributed by atoms with Gasteiger partial charge in [0.2, 0.25) is 11.2 Å². The van der Waals surface area contributed by atoms with Gasteiger partial charge in [-0.1, -0.05) is 0 Å². The van der Waals surface area contributed by atoms with Gasteiger partial charge in [-0.05, 0) is 44.6 Å². The number of anilines is 1. The number of hydrogen-bond acceptors (Lipinski definition) is 7. The summed E-state index contributed by atoms with van der Waals surface area (Å²) in [6, 6.07) is 0.368. The summed E-state index contributed by atoms with van der Waals surface area (Å²) >= 11 is 6.16. The summed E-state index contributed by atoms with van der Waals surface area (Å²) in [5.41, 5.74) is 8.34. The fourth-order valence-electron chi connectivity index (χ4n) is 3.09. The molecule has 0 aliphatic carbocycles. The summed E-state index contributed by atoms with van der Waals surface area (Å²) < 4.78 is 2.11. The third kappa shape index (κ3) is 2.67. The highest BCUT2D eigenvalue weighted by atomic mass is 35.5. The summed E-state index contributed by atoms with van der Waals surface area (Å²) in [7, 11) is 2.14. The highest BCUT2D eigenvalue weighted by Gasteiger charge is 2.22. The van der Waals surface area contributed by atoms with Crippen LogP contribution in [0.1, 0.15) is 18.9 Å². The van der Waals surface area contributed by atoms with Crippen LogP contribution in [-0.2, 0) is 0 Å².